The number of nitrogens with zero attached hydrogens (tertiary/aromatic N) is 1. The summed E-state index contributed by atoms with van der Waals surface area (Å²) in [4.78, 5) is 0. The lowest BCUT2D eigenvalue weighted by molar-refractivity contribution is -0.676. The minimum atomic E-state index is -0.432. The molecule has 0 bridgehead atoms. The number of benzene rings is 3. The van der Waals surface area contributed by atoms with Crippen LogP contribution in [-0.4, -0.2) is 29.4 Å². The Morgan fingerprint density at radius 3 is 2.15 bits per heavy atom. The van der Waals surface area contributed by atoms with Gasteiger partial charge in [-0.15, -0.1) is 0 Å². The van der Waals surface area contributed by atoms with Gasteiger partial charge in [0, 0.05) is 27.4 Å². The Balaban J connectivity index is 1.49. The van der Waals surface area contributed by atoms with E-state index in [-0.39, 0.29) is 0 Å². The van der Waals surface area contributed by atoms with Crippen molar-refractivity contribution in [3.63, 3.8) is 0 Å². The normalized spacial score (nSPS) is 12.5. The molecule has 0 amide bonds. The molecule has 1 heterocycles. The van der Waals surface area contributed by atoms with Crippen LogP contribution in [0.25, 0.3) is 21.8 Å². The number of quaternary nitrogens is 1. The predicted octanol–water partition coefficient (Wildman–Crippen LogP) is 2.93. The van der Waals surface area contributed by atoms with Crippen molar-refractivity contribution in [2.75, 3.05) is 13.7 Å². The van der Waals surface area contributed by atoms with E-state index in [1.165, 1.54) is 21.8 Å². The lowest BCUT2D eigenvalue weighted by atomic mass is 10.2. The summed E-state index contributed by atoms with van der Waals surface area (Å²) in [7, 11) is 1.69. The minimum absolute atomic E-state index is 0.432. The largest absolute Gasteiger partial charge is 0.496 e. The molecular weight excluding hydrogens is 336 g/mol. The Morgan fingerprint density at radius 1 is 0.889 bits per heavy atom. The summed E-state index contributed by atoms with van der Waals surface area (Å²) >= 11 is 0. The topological polar surface area (TPSA) is 51.0 Å². The quantitative estimate of drug-likeness (QED) is 0.532. The highest BCUT2D eigenvalue weighted by molar-refractivity contribution is 6.07. The van der Waals surface area contributed by atoms with Crippen LogP contribution in [0.5, 0.6) is 5.75 Å². The zero-order valence-corrected chi connectivity index (χ0v) is 15.5. The van der Waals surface area contributed by atoms with Crippen molar-refractivity contribution in [1.82, 2.24) is 4.57 Å². The van der Waals surface area contributed by atoms with Gasteiger partial charge in [-0.05, 0) is 24.3 Å². The molecule has 0 aliphatic heterocycles. The maximum Gasteiger partial charge on any atom is 0.127 e. The maximum absolute atomic E-state index is 10.7. The third-order valence-electron chi connectivity index (χ3n) is 5.07. The Bertz CT molecular complexity index is 1000. The molecule has 1 aromatic heterocycles. The Labute approximate surface area is 159 Å². The van der Waals surface area contributed by atoms with Crippen molar-refractivity contribution in [3.8, 4) is 5.75 Å². The van der Waals surface area contributed by atoms with E-state index in [4.69, 9.17) is 4.74 Å². The summed E-state index contributed by atoms with van der Waals surface area (Å²) < 4.78 is 7.63. The number of fused-ring (bicyclic) bond motifs is 3. The van der Waals surface area contributed by atoms with E-state index in [1.54, 1.807) is 7.11 Å². The molecule has 0 saturated carbocycles. The minimum Gasteiger partial charge on any atom is -0.496 e. The van der Waals surface area contributed by atoms with Crippen molar-refractivity contribution >= 4 is 21.8 Å². The zero-order valence-electron chi connectivity index (χ0n) is 15.5. The summed E-state index contributed by atoms with van der Waals surface area (Å²) in [5.74, 6) is 0.894. The summed E-state index contributed by atoms with van der Waals surface area (Å²) in [6.07, 6.45) is -0.432. The van der Waals surface area contributed by atoms with Crippen molar-refractivity contribution in [2.24, 2.45) is 0 Å². The molecule has 0 saturated heterocycles. The molecule has 0 fully saturated rings. The first-order valence-electron chi connectivity index (χ1n) is 9.35. The second kappa shape index (κ2) is 7.82. The highest BCUT2D eigenvalue weighted by atomic mass is 16.5. The van der Waals surface area contributed by atoms with Gasteiger partial charge in [0.05, 0.1) is 13.7 Å². The van der Waals surface area contributed by atoms with Crippen molar-refractivity contribution < 1.29 is 15.2 Å². The van der Waals surface area contributed by atoms with Crippen LogP contribution in [0.4, 0.5) is 0 Å². The van der Waals surface area contributed by atoms with E-state index in [0.29, 0.717) is 13.1 Å². The van der Waals surface area contributed by atoms with Crippen molar-refractivity contribution in [3.05, 3.63) is 78.4 Å². The number of methoxy groups -OCH3 is 1. The number of hydrogen-bond acceptors (Lipinski definition) is 2. The average molecular weight is 361 g/mol. The molecule has 4 nitrogen and oxygen atoms in total. The monoisotopic (exact) mass is 361 g/mol. The van der Waals surface area contributed by atoms with Crippen LogP contribution in [0.1, 0.15) is 5.56 Å². The molecule has 0 aliphatic carbocycles. The summed E-state index contributed by atoms with van der Waals surface area (Å²) in [5.41, 5.74) is 3.48. The standard InChI is InChI=1S/C23H24N2O2/c1-27-23-13-7-2-8-17(23)14-24-15-18(26)16-25-21-11-5-3-9-19(21)20-10-4-6-12-22(20)25/h2-13,18,24,26H,14-16H2,1H3/p+1/t18-/m1/s1. The molecule has 138 valence electrons. The lowest BCUT2D eigenvalue weighted by Crippen LogP contribution is -2.85. The highest BCUT2D eigenvalue weighted by Gasteiger charge is 2.14. The van der Waals surface area contributed by atoms with Gasteiger partial charge in [0.1, 0.15) is 24.9 Å². The first-order valence-corrected chi connectivity index (χ1v) is 9.35. The van der Waals surface area contributed by atoms with E-state index in [0.717, 1.165) is 17.9 Å². The van der Waals surface area contributed by atoms with Crippen LogP contribution in [0, 0.1) is 0 Å². The molecule has 4 heteroatoms. The predicted molar refractivity (Wildman–Crippen MR) is 109 cm³/mol. The van der Waals surface area contributed by atoms with Gasteiger partial charge in [0.15, 0.2) is 0 Å². The number of aliphatic hydroxyl groups is 1. The smallest absolute Gasteiger partial charge is 0.127 e. The third-order valence-corrected chi connectivity index (χ3v) is 5.07. The molecule has 3 N–H and O–H groups in total. The second-order valence-corrected chi connectivity index (χ2v) is 6.84. The molecule has 0 aliphatic rings. The fourth-order valence-corrected chi connectivity index (χ4v) is 3.79. The lowest BCUT2D eigenvalue weighted by Gasteiger charge is -2.14. The van der Waals surface area contributed by atoms with Crippen LogP contribution in [0.15, 0.2) is 72.8 Å². The summed E-state index contributed by atoms with van der Waals surface area (Å²) in [6, 6.07) is 24.8. The van der Waals surface area contributed by atoms with Gasteiger partial charge in [0.2, 0.25) is 0 Å². The molecular formula is C23H25N2O2+. The molecule has 1 atom stereocenters. The molecule has 0 unspecified atom stereocenters. The average Bonchev–Trinajstić information content (AvgIpc) is 3.02. The molecule has 4 aromatic rings. The maximum atomic E-state index is 10.7. The number of nitrogens with two attached hydrogens (primary N) is 1. The van der Waals surface area contributed by atoms with Crippen LogP contribution >= 0.6 is 0 Å². The van der Waals surface area contributed by atoms with E-state index in [1.807, 2.05) is 18.2 Å². The Morgan fingerprint density at radius 2 is 1.48 bits per heavy atom. The van der Waals surface area contributed by atoms with Gasteiger partial charge in [-0.1, -0.05) is 48.5 Å². The van der Waals surface area contributed by atoms with Crippen LogP contribution in [0.2, 0.25) is 0 Å². The van der Waals surface area contributed by atoms with Crippen molar-refractivity contribution in [1.29, 1.82) is 0 Å². The van der Waals surface area contributed by atoms with Crippen LogP contribution < -0.4 is 10.1 Å². The van der Waals surface area contributed by atoms with Crippen molar-refractivity contribution in [2.45, 2.75) is 19.2 Å². The van der Waals surface area contributed by atoms with E-state index in [2.05, 4.69) is 64.5 Å². The van der Waals surface area contributed by atoms with Gasteiger partial charge in [-0.2, -0.15) is 0 Å². The Kier molecular flexibility index (Phi) is 5.10. The van der Waals surface area contributed by atoms with Gasteiger partial charge in [-0.25, -0.2) is 0 Å². The van der Waals surface area contributed by atoms with Crippen LogP contribution in [0.3, 0.4) is 0 Å². The number of hydrogen-bond donors (Lipinski definition) is 2. The van der Waals surface area contributed by atoms with Crippen LogP contribution in [-0.2, 0) is 13.1 Å². The number of rotatable bonds is 7. The second-order valence-electron chi connectivity index (χ2n) is 6.84. The number of ether oxygens (including phenoxy) is 1. The number of para-hydroxylation sites is 3. The van der Waals surface area contributed by atoms with Gasteiger partial charge in [-0.3, -0.25) is 0 Å². The summed E-state index contributed by atoms with van der Waals surface area (Å²) in [6.45, 7) is 2.00. The summed E-state index contributed by atoms with van der Waals surface area (Å²) in [5, 5.41) is 15.3. The van der Waals surface area contributed by atoms with E-state index in [9.17, 15) is 5.11 Å². The molecule has 27 heavy (non-hydrogen) atoms. The van der Waals surface area contributed by atoms with E-state index >= 15 is 0 Å². The molecule has 0 spiro atoms. The van der Waals surface area contributed by atoms with Gasteiger partial charge in [0.25, 0.3) is 0 Å². The van der Waals surface area contributed by atoms with E-state index < -0.39 is 6.10 Å². The first kappa shape index (κ1) is 17.6. The van der Waals surface area contributed by atoms with Gasteiger partial charge >= 0.3 is 0 Å². The SMILES string of the molecule is COc1ccccc1C[NH2+]C[C@@H](O)Cn1c2ccccc2c2ccccc21. The molecule has 0 radical (unpaired) electrons. The third kappa shape index (κ3) is 3.54. The number of aliphatic hydroxyl groups excluding tert-OH is 1. The fourth-order valence-electron chi connectivity index (χ4n) is 3.79. The Hall–Kier alpha value is -2.82. The molecule has 4 rings (SSSR count). The first-order chi connectivity index (χ1) is 13.3. The van der Waals surface area contributed by atoms with Gasteiger partial charge < -0.3 is 19.7 Å². The highest BCUT2D eigenvalue weighted by Crippen LogP contribution is 2.28. The fraction of sp³-hybridized carbons (Fsp3) is 0.217. The molecule has 3 aromatic carbocycles. The number of aromatic nitrogens is 1. The zero-order chi connectivity index (χ0) is 18.6.